The summed E-state index contributed by atoms with van der Waals surface area (Å²) in [5.74, 6) is -2.02. The van der Waals surface area contributed by atoms with Gasteiger partial charge in [-0.3, -0.25) is 9.59 Å². The minimum absolute atomic E-state index is 0.0702. The summed E-state index contributed by atoms with van der Waals surface area (Å²) in [5.41, 5.74) is -1.78. The lowest BCUT2D eigenvalue weighted by molar-refractivity contribution is -0.184. The van der Waals surface area contributed by atoms with Gasteiger partial charge >= 0.3 is 11.9 Å². The minimum atomic E-state index is -1.78. The number of esters is 2. The molecule has 0 aromatic carbocycles. The largest absolute Gasteiger partial charge is 0.463 e. The van der Waals surface area contributed by atoms with Crippen molar-refractivity contribution in [3.05, 3.63) is 0 Å². The van der Waals surface area contributed by atoms with Crippen LogP contribution in [0.15, 0.2) is 0 Å². The van der Waals surface area contributed by atoms with Gasteiger partial charge in [0.1, 0.15) is 0 Å². The molecule has 5 nitrogen and oxygen atoms in total. The highest BCUT2D eigenvalue weighted by molar-refractivity contribution is 6.07. The highest BCUT2D eigenvalue weighted by Gasteiger charge is 2.46. The molecule has 0 aromatic rings. The van der Waals surface area contributed by atoms with Crippen LogP contribution in [0.25, 0.3) is 0 Å². The Morgan fingerprint density at radius 3 is 1.93 bits per heavy atom. The van der Waals surface area contributed by atoms with Gasteiger partial charge in [-0.2, -0.15) is 0 Å². The number of hydrogen-bond donors (Lipinski definition) is 0. The Kier molecular flexibility index (Phi) is 4.97. The number of Topliss-reactive ketones (excluding diaryl/α,β-unsaturated/α-hetero) is 1. The van der Waals surface area contributed by atoms with Crippen LogP contribution in [-0.2, 0) is 23.9 Å². The first-order valence-electron chi connectivity index (χ1n) is 4.78. The van der Waals surface area contributed by atoms with Gasteiger partial charge in [0.2, 0.25) is 0 Å². The Bertz CT molecular complexity index is 271. The van der Waals surface area contributed by atoms with E-state index in [0.717, 1.165) is 6.92 Å². The molecule has 0 rings (SSSR count). The molecule has 0 bridgehead atoms. The SMILES string of the molecule is CCOC(=O)C(CC)(OC(C)=O)C(C)=O. The predicted molar refractivity (Wildman–Crippen MR) is 52.1 cm³/mol. The monoisotopic (exact) mass is 216 g/mol. The van der Waals surface area contributed by atoms with Gasteiger partial charge in [-0.15, -0.1) is 0 Å². The van der Waals surface area contributed by atoms with Crippen molar-refractivity contribution in [2.45, 2.75) is 39.7 Å². The normalized spacial score (nSPS) is 13.9. The fourth-order valence-corrected chi connectivity index (χ4v) is 1.22. The summed E-state index contributed by atoms with van der Waals surface area (Å²) < 4.78 is 9.52. The Hall–Kier alpha value is -1.39. The number of ketones is 1. The topological polar surface area (TPSA) is 69.7 Å². The Morgan fingerprint density at radius 1 is 1.13 bits per heavy atom. The van der Waals surface area contributed by atoms with E-state index >= 15 is 0 Å². The average Bonchev–Trinajstić information content (AvgIpc) is 2.13. The van der Waals surface area contributed by atoms with Crippen molar-refractivity contribution in [2.24, 2.45) is 0 Å². The van der Waals surface area contributed by atoms with E-state index in [1.165, 1.54) is 6.92 Å². The molecule has 86 valence electrons. The smallest absolute Gasteiger partial charge is 0.358 e. The molecule has 5 heteroatoms. The fourth-order valence-electron chi connectivity index (χ4n) is 1.22. The quantitative estimate of drug-likeness (QED) is 0.503. The second-order valence-corrected chi connectivity index (χ2v) is 3.05. The van der Waals surface area contributed by atoms with Gasteiger partial charge in [0.15, 0.2) is 5.78 Å². The standard InChI is InChI=1S/C10H16O5/c1-5-10(7(3)11,15-8(4)12)9(13)14-6-2/h5-6H2,1-4H3. The van der Waals surface area contributed by atoms with Crippen LogP contribution in [0.2, 0.25) is 0 Å². The molecule has 0 heterocycles. The number of hydrogen-bond acceptors (Lipinski definition) is 5. The van der Waals surface area contributed by atoms with Crippen LogP contribution in [-0.4, -0.2) is 29.9 Å². The maximum atomic E-state index is 11.6. The third-order valence-electron chi connectivity index (χ3n) is 1.99. The van der Waals surface area contributed by atoms with E-state index in [2.05, 4.69) is 0 Å². The molecule has 0 spiro atoms. The minimum Gasteiger partial charge on any atom is -0.463 e. The van der Waals surface area contributed by atoms with E-state index in [9.17, 15) is 14.4 Å². The van der Waals surface area contributed by atoms with Crippen molar-refractivity contribution in [1.29, 1.82) is 0 Å². The summed E-state index contributed by atoms with van der Waals surface area (Å²) in [4.78, 5) is 33.8. The lowest BCUT2D eigenvalue weighted by atomic mass is 9.96. The van der Waals surface area contributed by atoms with E-state index in [-0.39, 0.29) is 13.0 Å². The highest BCUT2D eigenvalue weighted by Crippen LogP contribution is 2.20. The van der Waals surface area contributed by atoms with Gasteiger partial charge in [0, 0.05) is 13.3 Å². The van der Waals surface area contributed by atoms with Gasteiger partial charge in [0.25, 0.3) is 5.60 Å². The summed E-state index contributed by atoms with van der Waals surface area (Å²) in [7, 11) is 0. The molecule has 0 aliphatic carbocycles. The van der Waals surface area contributed by atoms with Crippen LogP contribution in [0, 0.1) is 0 Å². The summed E-state index contributed by atoms with van der Waals surface area (Å²) in [6.45, 7) is 5.68. The van der Waals surface area contributed by atoms with Crippen LogP contribution < -0.4 is 0 Å². The van der Waals surface area contributed by atoms with E-state index in [4.69, 9.17) is 9.47 Å². The van der Waals surface area contributed by atoms with Crippen LogP contribution in [0.3, 0.4) is 0 Å². The first-order valence-corrected chi connectivity index (χ1v) is 4.78. The average molecular weight is 216 g/mol. The molecule has 1 atom stereocenters. The third kappa shape index (κ3) is 3.04. The number of carbonyl (C=O) groups is 3. The molecule has 0 aromatic heterocycles. The summed E-state index contributed by atoms with van der Waals surface area (Å²) in [6.07, 6.45) is 0.0702. The molecule has 1 unspecified atom stereocenters. The number of rotatable bonds is 5. The zero-order valence-corrected chi connectivity index (χ0v) is 9.46. The van der Waals surface area contributed by atoms with Crippen LogP contribution in [0.1, 0.15) is 34.1 Å². The van der Waals surface area contributed by atoms with E-state index in [0.29, 0.717) is 0 Å². The summed E-state index contributed by atoms with van der Waals surface area (Å²) >= 11 is 0. The third-order valence-corrected chi connectivity index (χ3v) is 1.99. The Morgan fingerprint density at radius 2 is 1.67 bits per heavy atom. The predicted octanol–water partition coefficient (Wildman–Crippen LogP) is 0.850. The van der Waals surface area contributed by atoms with Crippen LogP contribution in [0.5, 0.6) is 0 Å². The molecule has 0 saturated carbocycles. The van der Waals surface area contributed by atoms with Crippen LogP contribution >= 0.6 is 0 Å². The first-order chi connectivity index (χ1) is 6.90. The molecule has 0 N–H and O–H groups in total. The summed E-state index contributed by atoms with van der Waals surface area (Å²) in [5, 5.41) is 0. The van der Waals surface area contributed by atoms with Crippen molar-refractivity contribution in [3.63, 3.8) is 0 Å². The number of ether oxygens (including phenoxy) is 2. The molecule has 0 aliphatic rings. The summed E-state index contributed by atoms with van der Waals surface area (Å²) in [6, 6.07) is 0. The Balaban J connectivity index is 5.05. The van der Waals surface area contributed by atoms with Crippen molar-refractivity contribution >= 4 is 17.7 Å². The molecular formula is C10H16O5. The second kappa shape index (κ2) is 5.48. The van der Waals surface area contributed by atoms with Crippen molar-refractivity contribution in [1.82, 2.24) is 0 Å². The maximum Gasteiger partial charge on any atom is 0.358 e. The zero-order chi connectivity index (χ0) is 12.1. The maximum absolute atomic E-state index is 11.6. The van der Waals surface area contributed by atoms with Gasteiger partial charge in [-0.05, 0) is 13.8 Å². The van der Waals surface area contributed by atoms with Gasteiger partial charge < -0.3 is 9.47 Å². The fraction of sp³-hybridized carbons (Fsp3) is 0.700. The van der Waals surface area contributed by atoms with Gasteiger partial charge in [-0.25, -0.2) is 4.79 Å². The van der Waals surface area contributed by atoms with Crippen LogP contribution in [0.4, 0.5) is 0 Å². The molecular weight excluding hydrogens is 200 g/mol. The molecule has 0 fully saturated rings. The molecule has 0 aliphatic heterocycles. The number of carbonyl (C=O) groups excluding carboxylic acids is 3. The van der Waals surface area contributed by atoms with Crippen molar-refractivity contribution in [2.75, 3.05) is 6.61 Å². The van der Waals surface area contributed by atoms with Crippen molar-refractivity contribution < 1.29 is 23.9 Å². The van der Waals surface area contributed by atoms with Gasteiger partial charge in [0.05, 0.1) is 6.61 Å². The molecule has 0 radical (unpaired) electrons. The lowest BCUT2D eigenvalue weighted by Crippen LogP contribution is -2.49. The van der Waals surface area contributed by atoms with Gasteiger partial charge in [-0.1, -0.05) is 6.92 Å². The van der Waals surface area contributed by atoms with E-state index in [1.807, 2.05) is 0 Å². The zero-order valence-electron chi connectivity index (χ0n) is 9.46. The molecule has 0 saturated heterocycles. The van der Waals surface area contributed by atoms with Crippen molar-refractivity contribution in [3.8, 4) is 0 Å². The molecule has 15 heavy (non-hydrogen) atoms. The Labute approximate surface area is 88.7 Å². The van der Waals surface area contributed by atoms with E-state index < -0.39 is 23.3 Å². The highest BCUT2D eigenvalue weighted by atomic mass is 16.6. The molecule has 0 amide bonds. The lowest BCUT2D eigenvalue weighted by Gasteiger charge is -2.26. The first kappa shape index (κ1) is 13.6. The van der Waals surface area contributed by atoms with E-state index in [1.54, 1.807) is 13.8 Å². The second-order valence-electron chi connectivity index (χ2n) is 3.05.